The summed E-state index contributed by atoms with van der Waals surface area (Å²) < 4.78 is 34.0. The number of carbonyl (C=O) groups is 1. The highest BCUT2D eigenvalue weighted by Gasteiger charge is 2.25. The van der Waals surface area contributed by atoms with Gasteiger partial charge in [0, 0.05) is 32.7 Å². The molecular formula is C17H24F2N2O3. The minimum Gasteiger partial charge on any atom is -0.444 e. The molecule has 0 bridgehead atoms. The van der Waals surface area contributed by atoms with E-state index in [9.17, 15) is 13.6 Å². The molecule has 1 fully saturated rings. The molecule has 1 aromatic carbocycles. The third-order valence-electron chi connectivity index (χ3n) is 3.58. The highest BCUT2D eigenvalue weighted by Crippen LogP contribution is 2.17. The van der Waals surface area contributed by atoms with Crippen LogP contribution in [-0.4, -0.2) is 54.3 Å². The van der Waals surface area contributed by atoms with Crippen molar-refractivity contribution < 1.29 is 23.0 Å². The van der Waals surface area contributed by atoms with E-state index in [1.165, 1.54) is 0 Å². The molecule has 0 spiro atoms. The molecule has 1 aromatic rings. The van der Waals surface area contributed by atoms with Crippen LogP contribution < -0.4 is 4.74 Å². The molecular weight excluding hydrogens is 318 g/mol. The van der Waals surface area contributed by atoms with E-state index in [0.717, 1.165) is 18.7 Å². The number of halogens is 2. The molecule has 0 atom stereocenters. The molecule has 1 aliphatic rings. The Bertz CT molecular complexity index is 536. The van der Waals surface area contributed by atoms with Gasteiger partial charge in [0.25, 0.3) is 0 Å². The first kappa shape index (κ1) is 18.4. The van der Waals surface area contributed by atoms with Gasteiger partial charge in [-0.2, -0.15) is 8.78 Å². The lowest BCUT2D eigenvalue weighted by Crippen LogP contribution is -2.49. The summed E-state index contributed by atoms with van der Waals surface area (Å²) in [6.07, 6.45) is -0.282. The Morgan fingerprint density at radius 2 is 1.71 bits per heavy atom. The van der Waals surface area contributed by atoms with Crippen molar-refractivity contribution in [3.63, 3.8) is 0 Å². The first-order chi connectivity index (χ1) is 11.2. The topological polar surface area (TPSA) is 42.0 Å². The molecule has 0 saturated carbocycles. The molecule has 5 nitrogen and oxygen atoms in total. The Hall–Kier alpha value is -1.89. The van der Waals surface area contributed by atoms with Crippen molar-refractivity contribution in [1.82, 2.24) is 9.80 Å². The predicted octanol–water partition coefficient (Wildman–Crippen LogP) is 3.34. The minimum absolute atomic E-state index is 0.156. The number of ether oxygens (including phenoxy) is 2. The molecule has 2 rings (SSSR count). The Morgan fingerprint density at radius 3 is 2.21 bits per heavy atom. The van der Waals surface area contributed by atoms with Crippen molar-refractivity contribution in [2.75, 3.05) is 26.2 Å². The minimum atomic E-state index is -2.81. The Labute approximate surface area is 141 Å². The van der Waals surface area contributed by atoms with Crippen molar-refractivity contribution in [2.24, 2.45) is 0 Å². The van der Waals surface area contributed by atoms with Crippen molar-refractivity contribution in [2.45, 2.75) is 39.5 Å². The van der Waals surface area contributed by atoms with Crippen LogP contribution in [0.3, 0.4) is 0 Å². The summed E-state index contributed by atoms with van der Waals surface area (Å²) in [5, 5.41) is 0. The van der Waals surface area contributed by atoms with E-state index in [2.05, 4.69) is 9.64 Å². The zero-order valence-corrected chi connectivity index (χ0v) is 14.3. The molecule has 0 aromatic heterocycles. The summed E-state index contributed by atoms with van der Waals surface area (Å²) in [6.45, 7) is 6.16. The van der Waals surface area contributed by atoms with Crippen LogP contribution in [0, 0.1) is 0 Å². The van der Waals surface area contributed by atoms with Crippen molar-refractivity contribution in [1.29, 1.82) is 0 Å². The van der Waals surface area contributed by atoms with Crippen LogP contribution in [0.15, 0.2) is 24.3 Å². The van der Waals surface area contributed by atoms with E-state index >= 15 is 0 Å². The van der Waals surface area contributed by atoms with Gasteiger partial charge >= 0.3 is 12.7 Å². The second kappa shape index (κ2) is 7.79. The zero-order valence-electron chi connectivity index (χ0n) is 14.3. The number of piperazine rings is 1. The molecule has 1 saturated heterocycles. The monoisotopic (exact) mass is 342 g/mol. The van der Waals surface area contributed by atoms with Crippen molar-refractivity contribution >= 4 is 6.09 Å². The SMILES string of the molecule is CC(C)(C)OC(=O)N1CCN(Cc2ccc(OC(F)F)cc2)CC1. The van der Waals surface area contributed by atoms with E-state index < -0.39 is 12.2 Å². The van der Waals surface area contributed by atoms with E-state index in [0.29, 0.717) is 19.6 Å². The lowest BCUT2D eigenvalue weighted by Gasteiger charge is -2.35. The van der Waals surface area contributed by atoms with Gasteiger partial charge in [0.1, 0.15) is 11.4 Å². The highest BCUT2D eigenvalue weighted by atomic mass is 19.3. The number of rotatable bonds is 4. The molecule has 0 radical (unpaired) electrons. The maximum absolute atomic E-state index is 12.1. The number of amides is 1. The first-order valence-electron chi connectivity index (χ1n) is 7.97. The van der Waals surface area contributed by atoms with Crippen molar-refractivity contribution in [3.05, 3.63) is 29.8 Å². The second-order valence-corrected chi connectivity index (χ2v) is 6.77. The quantitative estimate of drug-likeness (QED) is 0.842. The largest absolute Gasteiger partial charge is 0.444 e. The summed E-state index contributed by atoms with van der Waals surface area (Å²) in [7, 11) is 0. The molecule has 0 N–H and O–H groups in total. The standard InChI is InChI=1S/C17H24F2N2O3/c1-17(2,3)24-16(22)21-10-8-20(9-11-21)12-13-4-6-14(7-5-13)23-15(18)19/h4-7,15H,8-12H2,1-3H3. The van der Waals surface area contributed by atoms with Crippen molar-refractivity contribution in [3.8, 4) is 5.75 Å². The van der Waals surface area contributed by atoms with Crippen LogP contribution >= 0.6 is 0 Å². The van der Waals surface area contributed by atoms with Crippen LogP contribution in [0.25, 0.3) is 0 Å². The maximum Gasteiger partial charge on any atom is 0.410 e. The van der Waals surface area contributed by atoms with E-state index in [4.69, 9.17) is 4.74 Å². The van der Waals surface area contributed by atoms with Crippen LogP contribution in [0.4, 0.5) is 13.6 Å². The first-order valence-corrected chi connectivity index (χ1v) is 7.97. The van der Waals surface area contributed by atoms with E-state index in [1.807, 2.05) is 20.8 Å². The third-order valence-corrected chi connectivity index (χ3v) is 3.58. The number of nitrogens with zero attached hydrogens (tertiary/aromatic N) is 2. The van der Waals surface area contributed by atoms with Crippen LogP contribution in [-0.2, 0) is 11.3 Å². The van der Waals surface area contributed by atoms with Gasteiger partial charge in [0.2, 0.25) is 0 Å². The van der Waals surface area contributed by atoms with Gasteiger partial charge in [-0.25, -0.2) is 4.79 Å². The van der Waals surface area contributed by atoms with Crippen LogP contribution in [0.1, 0.15) is 26.3 Å². The van der Waals surface area contributed by atoms with Gasteiger partial charge in [0.15, 0.2) is 0 Å². The predicted molar refractivity (Wildman–Crippen MR) is 86.2 cm³/mol. The number of benzene rings is 1. The molecule has 0 aliphatic carbocycles. The normalized spacial score (nSPS) is 16.3. The molecule has 7 heteroatoms. The fraction of sp³-hybridized carbons (Fsp3) is 0.588. The molecule has 1 amide bonds. The molecule has 24 heavy (non-hydrogen) atoms. The molecule has 1 heterocycles. The second-order valence-electron chi connectivity index (χ2n) is 6.77. The average Bonchev–Trinajstić information content (AvgIpc) is 2.48. The van der Waals surface area contributed by atoms with Crippen LogP contribution in [0.5, 0.6) is 5.75 Å². The summed E-state index contributed by atoms with van der Waals surface area (Å²) in [4.78, 5) is 15.9. The van der Waals surface area contributed by atoms with Gasteiger partial charge in [-0.1, -0.05) is 12.1 Å². The van der Waals surface area contributed by atoms with Gasteiger partial charge in [-0.05, 0) is 38.5 Å². The van der Waals surface area contributed by atoms with Gasteiger partial charge in [0.05, 0.1) is 0 Å². The fourth-order valence-electron chi connectivity index (χ4n) is 2.45. The summed E-state index contributed by atoms with van der Waals surface area (Å²) in [5.41, 5.74) is 0.526. The molecule has 0 unspecified atom stereocenters. The lowest BCUT2D eigenvalue weighted by molar-refractivity contribution is -0.0498. The van der Waals surface area contributed by atoms with Crippen LogP contribution in [0.2, 0.25) is 0 Å². The number of alkyl halides is 2. The lowest BCUT2D eigenvalue weighted by atomic mass is 10.2. The van der Waals surface area contributed by atoms with Gasteiger partial charge in [-0.3, -0.25) is 4.90 Å². The smallest absolute Gasteiger partial charge is 0.410 e. The summed E-state index contributed by atoms with van der Waals surface area (Å²) in [6, 6.07) is 6.63. The summed E-state index contributed by atoms with van der Waals surface area (Å²) >= 11 is 0. The maximum atomic E-state index is 12.1. The Kier molecular flexibility index (Phi) is 5.99. The van der Waals surface area contributed by atoms with Gasteiger partial charge in [-0.15, -0.1) is 0 Å². The average molecular weight is 342 g/mol. The number of hydrogen-bond acceptors (Lipinski definition) is 4. The molecule has 134 valence electrons. The van der Waals surface area contributed by atoms with E-state index in [1.54, 1.807) is 29.2 Å². The fourth-order valence-corrected chi connectivity index (χ4v) is 2.45. The summed E-state index contributed by atoms with van der Waals surface area (Å²) in [5.74, 6) is 0.156. The zero-order chi connectivity index (χ0) is 17.7. The van der Waals surface area contributed by atoms with Gasteiger partial charge < -0.3 is 14.4 Å². The number of carbonyl (C=O) groups excluding carboxylic acids is 1. The Balaban J connectivity index is 1.79. The molecule has 1 aliphatic heterocycles. The Morgan fingerprint density at radius 1 is 1.12 bits per heavy atom. The third kappa shape index (κ3) is 5.96. The number of hydrogen-bond donors (Lipinski definition) is 0. The highest BCUT2D eigenvalue weighted by molar-refractivity contribution is 5.68. The van der Waals surface area contributed by atoms with E-state index in [-0.39, 0.29) is 11.8 Å².